The lowest BCUT2D eigenvalue weighted by Crippen LogP contribution is -2.49. The lowest BCUT2D eigenvalue weighted by molar-refractivity contribution is 0.0563. The topological polar surface area (TPSA) is 55.5 Å². The normalized spacial score (nSPS) is 25.3. The second-order valence-corrected chi connectivity index (χ2v) is 8.45. The third-order valence-corrected chi connectivity index (χ3v) is 6.70. The molecule has 1 amide bonds. The number of pyridine rings is 1. The summed E-state index contributed by atoms with van der Waals surface area (Å²) in [4.78, 5) is 27.8. The summed E-state index contributed by atoms with van der Waals surface area (Å²) in [5.74, 6) is 1.38. The summed E-state index contributed by atoms with van der Waals surface area (Å²) in [5, 5.41) is 0. The minimum Gasteiger partial charge on any atom is -0.459 e. The Morgan fingerprint density at radius 1 is 1.00 bits per heavy atom. The molecule has 2 atom stereocenters. The van der Waals surface area contributed by atoms with Crippen LogP contribution in [-0.2, 0) is 6.54 Å². The highest BCUT2D eigenvalue weighted by molar-refractivity contribution is 5.91. The molecule has 0 spiro atoms. The van der Waals surface area contributed by atoms with E-state index in [0.717, 1.165) is 37.1 Å². The number of hydrogen-bond acceptors (Lipinski definition) is 3. The van der Waals surface area contributed by atoms with E-state index in [1.54, 1.807) is 18.4 Å². The van der Waals surface area contributed by atoms with E-state index in [1.165, 1.54) is 19.3 Å². The summed E-state index contributed by atoms with van der Waals surface area (Å²) in [7, 11) is 0. The Balaban J connectivity index is 1.43. The van der Waals surface area contributed by atoms with Gasteiger partial charge >= 0.3 is 0 Å². The molecule has 2 aliphatic heterocycles. The summed E-state index contributed by atoms with van der Waals surface area (Å²) in [6.45, 7) is 2.10. The summed E-state index contributed by atoms with van der Waals surface area (Å²) < 4.78 is 7.32. The Hall–Kier alpha value is -2.30. The first kappa shape index (κ1) is 16.8. The van der Waals surface area contributed by atoms with Gasteiger partial charge in [0.05, 0.1) is 6.26 Å². The molecule has 2 aromatic heterocycles. The second kappa shape index (κ2) is 6.70. The Bertz CT molecular complexity index is 893. The van der Waals surface area contributed by atoms with Crippen molar-refractivity contribution in [2.75, 3.05) is 13.1 Å². The summed E-state index contributed by atoms with van der Waals surface area (Å²) in [5.41, 5.74) is 2.34. The van der Waals surface area contributed by atoms with Gasteiger partial charge in [-0.2, -0.15) is 0 Å². The van der Waals surface area contributed by atoms with Crippen molar-refractivity contribution in [1.29, 1.82) is 0 Å². The molecule has 5 nitrogen and oxygen atoms in total. The van der Waals surface area contributed by atoms with E-state index in [0.29, 0.717) is 30.7 Å². The van der Waals surface area contributed by atoms with Crippen LogP contribution < -0.4 is 5.56 Å². The molecule has 1 aliphatic carbocycles. The fraction of sp³-hybridized carbons (Fsp3) is 0.545. The number of fused-ring (bicyclic) bond motifs is 4. The van der Waals surface area contributed by atoms with Crippen molar-refractivity contribution < 1.29 is 9.21 Å². The number of hydrogen-bond donors (Lipinski definition) is 0. The molecule has 5 heteroatoms. The highest BCUT2D eigenvalue weighted by Gasteiger charge is 2.37. The minimum atomic E-state index is -0.0377. The Morgan fingerprint density at radius 2 is 1.85 bits per heavy atom. The smallest absolute Gasteiger partial charge is 0.289 e. The standard InChI is InChI=1S/C22H26N2O3/c25-21-18(16-5-2-1-3-6-16)8-9-19-17-11-15(13-24(19)21)12-23(14-17)22(26)20-7-4-10-27-20/h4,7-10,15-17H,1-3,5-6,11-14H2/t15-,17-/m1/s1. The Kier molecular flexibility index (Phi) is 4.18. The monoisotopic (exact) mass is 366 g/mol. The molecule has 142 valence electrons. The maximum atomic E-state index is 13.2. The molecule has 4 heterocycles. The first-order valence-electron chi connectivity index (χ1n) is 10.3. The van der Waals surface area contributed by atoms with Crippen LogP contribution in [0.4, 0.5) is 0 Å². The third-order valence-electron chi connectivity index (χ3n) is 6.70. The van der Waals surface area contributed by atoms with Crippen LogP contribution in [0.3, 0.4) is 0 Å². The summed E-state index contributed by atoms with van der Waals surface area (Å²) >= 11 is 0. The zero-order valence-electron chi connectivity index (χ0n) is 15.6. The molecule has 1 saturated heterocycles. The molecule has 2 bridgehead atoms. The van der Waals surface area contributed by atoms with Gasteiger partial charge in [0.2, 0.25) is 0 Å². The number of piperidine rings is 1. The van der Waals surface area contributed by atoms with Crippen LogP contribution in [0.1, 0.15) is 72.2 Å². The van der Waals surface area contributed by atoms with Crippen LogP contribution in [0.25, 0.3) is 0 Å². The van der Waals surface area contributed by atoms with Crippen LogP contribution >= 0.6 is 0 Å². The SMILES string of the molecule is O=C(c1ccco1)N1C[C@H]2C[C@H](C1)c1ccc(C3CCCCC3)c(=O)n1C2. The van der Waals surface area contributed by atoms with Crippen LogP contribution in [-0.4, -0.2) is 28.5 Å². The van der Waals surface area contributed by atoms with Gasteiger partial charge in [-0.05, 0) is 49.3 Å². The predicted molar refractivity (Wildman–Crippen MR) is 102 cm³/mol. The molecule has 0 N–H and O–H groups in total. The highest BCUT2D eigenvalue weighted by Crippen LogP contribution is 2.37. The van der Waals surface area contributed by atoms with Crippen LogP contribution in [0.2, 0.25) is 0 Å². The Morgan fingerprint density at radius 3 is 2.63 bits per heavy atom. The van der Waals surface area contributed by atoms with E-state index in [-0.39, 0.29) is 17.4 Å². The van der Waals surface area contributed by atoms with Gasteiger partial charge < -0.3 is 13.9 Å². The zero-order chi connectivity index (χ0) is 18.4. The average Bonchev–Trinajstić information content (AvgIpc) is 3.23. The Labute approximate surface area is 159 Å². The molecular formula is C22H26N2O3. The van der Waals surface area contributed by atoms with Crippen LogP contribution in [0.5, 0.6) is 0 Å². The maximum Gasteiger partial charge on any atom is 0.289 e. The summed E-state index contributed by atoms with van der Waals surface area (Å²) in [6, 6.07) is 7.71. The second-order valence-electron chi connectivity index (χ2n) is 8.45. The van der Waals surface area contributed by atoms with E-state index in [1.807, 2.05) is 9.47 Å². The van der Waals surface area contributed by atoms with Gasteiger partial charge in [-0.15, -0.1) is 0 Å². The molecule has 2 aromatic rings. The number of amides is 1. The first-order chi connectivity index (χ1) is 13.2. The lowest BCUT2D eigenvalue weighted by atomic mass is 9.81. The number of likely N-dealkylation sites (tertiary alicyclic amines) is 1. The van der Waals surface area contributed by atoms with Crippen LogP contribution in [0, 0.1) is 5.92 Å². The van der Waals surface area contributed by atoms with Gasteiger partial charge in [-0.3, -0.25) is 9.59 Å². The van der Waals surface area contributed by atoms with Gasteiger partial charge in [-0.25, -0.2) is 0 Å². The summed E-state index contributed by atoms with van der Waals surface area (Å²) in [6.07, 6.45) is 8.66. The van der Waals surface area contributed by atoms with Crippen molar-refractivity contribution in [3.63, 3.8) is 0 Å². The molecule has 5 rings (SSSR count). The van der Waals surface area contributed by atoms with Crippen molar-refractivity contribution in [2.45, 2.75) is 56.9 Å². The molecule has 1 saturated carbocycles. The van der Waals surface area contributed by atoms with Crippen molar-refractivity contribution in [1.82, 2.24) is 9.47 Å². The molecule has 27 heavy (non-hydrogen) atoms. The fourth-order valence-electron chi connectivity index (χ4n) is 5.41. The van der Waals surface area contributed by atoms with E-state index in [9.17, 15) is 9.59 Å². The molecular weight excluding hydrogens is 340 g/mol. The van der Waals surface area contributed by atoms with Crippen molar-refractivity contribution in [3.8, 4) is 0 Å². The molecule has 3 aliphatic rings. The molecule has 2 fully saturated rings. The zero-order valence-corrected chi connectivity index (χ0v) is 15.6. The molecule has 0 aromatic carbocycles. The van der Waals surface area contributed by atoms with Gasteiger partial charge in [0.15, 0.2) is 5.76 Å². The largest absolute Gasteiger partial charge is 0.459 e. The van der Waals surface area contributed by atoms with E-state index in [2.05, 4.69) is 12.1 Å². The number of carbonyl (C=O) groups is 1. The van der Waals surface area contributed by atoms with Gasteiger partial charge in [0.25, 0.3) is 11.5 Å². The number of carbonyl (C=O) groups excluding carboxylic acids is 1. The van der Waals surface area contributed by atoms with Gasteiger partial charge in [0, 0.05) is 36.8 Å². The van der Waals surface area contributed by atoms with Crippen molar-refractivity contribution in [2.24, 2.45) is 5.92 Å². The number of furan rings is 1. The first-order valence-corrected chi connectivity index (χ1v) is 10.3. The van der Waals surface area contributed by atoms with Gasteiger partial charge in [-0.1, -0.05) is 25.3 Å². The lowest BCUT2D eigenvalue weighted by Gasteiger charge is -2.42. The highest BCUT2D eigenvalue weighted by atomic mass is 16.3. The van der Waals surface area contributed by atoms with Crippen molar-refractivity contribution in [3.05, 3.63) is 57.9 Å². The number of nitrogens with zero attached hydrogens (tertiary/aromatic N) is 2. The van der Waals surface area contributed by atoms with E-state index >= 15 is 0 Å². The quantitative estimate of drug-likeness (QED) is 0.813. The fourth-order valence-corrected chi connectivity index (χ4v) is 5.41. The average molecular weight is 366 g/mol. The maximum absolute atomic E-state index is 13.2. The van der Waals surface area contributed by atoms with Crippen LogP contribution in [0.15, 0.2) is 39.7 Å². The minimum absolute atomic E-state index is 0.0377. The number of rotatable bonds is 2. The molecule has 0 unspecified atom stereocenters. The van der Waals surface area contributed by atoms with Gasteiger partial charge in [0.1, 0.15) is 0 Å². The van der Waals surface area contributed by atoms with E-state index < -0.39 is 0 Å². The van der Waals surface area contributed by atoms with E-state index in [4.69, 9.17) is 4.42 Å². The predicted octanol–water partition coefficient (Wildman–Crippen LogP) is 3.75. The number of aromatic nitrogens is 1. The van der Waals surface area contributed by atoms with Crippen molar-refractivity contribution >= 4 is 5.91 Å². The molecule has 0 radical (unpaired) electrons. The third kappa shape index (κ3) is 2.93.